The molecular formula is C30H24N4O2. The summed E-state index contributed by atoms with van der Waals surface area (Å²) in [6, 6.07) is 31.9. The number of methoxy groups -OCH3 is 2. The van der Waals surface area contributed by atoms with Crippen molar-refractivity contribution >= 4 is 45.1 Å². The number of nitrogens with one attached hydrogen (secondary N) is 2. The van der Waals surface area contributed by atoms with Gasteiger partial charge in [-0.15, -0.1) is 0 Å². The van der Waals surface area contributed by atoms with Gasteiger partial charge in [0, 0.05) is 22.2 Å². The van der Waals surface area contributed by atoms with E-state index in [1.165, 1.54) is 0 Å². The SMILES string of the molecule is COc1ccc(N=C2C(c3[nH]c4ccccc4c3Nc3ccc(OC)cc3)=Nc3ccccc32)cc1. The first-order valence-corrected chi connectivity index (χ1v) is 11.7. The van der Waals surface area contributed by atoms with Crippen LogP contribution >= 0.6 is 0 Å². The van der Waals surface area contributed by atoms with Gasteiger partial charge in [0.25, 0.3) is 0 Å². The third kappa shape index (κ3) is 3.88. The quantitative estimate of drug-likeness (QED) is 0.275. The molecule has 1 aliphatic heterocycles. The Morgan fingerprint density at radius 1 is 0.750 bits per heavy atom. The van der Waals surface area contributed by atoms with E-state index >= 15 is 0 Å². The summed E-state index contributed by atoms with van der Waals surface area (Å²) >= 11 is 0. The Hall–Kier alpha value is -4.84. The number of benzene rings is 4. The van der Waals surface area contributed by atoms with Crippen LogP contribution in [0, 0.1) is 0 Å². The molecule has 6 heteroatoms. The van der Waals surface area contributed by atoms with Gasteiger partial charge in [-0.05, 0) is 60.7 Å². The van der Waals surface area contributed by atoms with Gasteiger partial charge in [0.2, 0.25) is 0 Å². The molecule has 0 saturated heterocycles. The van der Waals surface area contributed by atoms with Gasteiger partial charge < -0.3 is 19.8 Å². The highest BCUT2D eigenvalue weighted by Gasteiger charge is 2.28. The molecule has 0 radical (unpaired) electrons. The topological polar surface area (TPSA) is 71.0 Å². The van der Waals surface area contributed by atoms with E-state index in [4.69, 9.17) is 19.5 Å². The summed E-state index contributed by atoms with van der Waals surface area (Å²) in [5, 5.41) is 4.69. The number of para-hydroxylation sites is 2. The van der Waals surface area contributed by atoms with Gasteiger partial charge in [0.1, 0.15) is 22.9 Å². The van der Waals surface area contributed by atoms with Crippen molar-refractivity contribution in [2.24, 2.45) is 9.98 Å². The summed E-state index contributed by atoms with van der Waals surface area (Å²) in [6.45, 7) is 0. The largest absolute Gasteiger partial charge is 0.497 e. The molecule has 36 heavy (non-hydrogen) atoms. The van der Waals surface area contributed by atoms with Crippen LogP contribution in [0.25, 0.3) is 10.9 Å². The standard InChI is InChI=1S/C30H24N4O2/c1-35-21-15-11-19(12-16-21)31-27-23-7-3-5-9-25(23)33-29(27)30-28(24-8-4-6-10-26(24)34-30)32-20-13-17-22(36-2)18-14-20/h3-18,31,33H,1-2H3. The second-order valence-corrected chi connectivity index (χ2v) is 8.41. The maximum atomic E-state index is 5.32. The maximum Gasteiger partial charge on any atom is 0.119 e. The van der Waals surface area contributed by atoms with Crippen molar-refractivity contribution in [2.45, 2.75) is 0 Å². The second-order valence-electron chi connectivity index (χ2n) is 8.41. The van der Waals surface area contributed by atoms with E-state index in [0.29, 0.717) is 0 Å². The van der Waals surface area contributed by atoms with Crippen LogP contribution in [-0.2, 0) is 0 Å². The molecule has 5 aromatic rings. The minimum atomic E-state index is 0.791. The zero-order valence-corrected chi connectivity index (χ0v) is 19.9. The van der Waals surface area contributed by atoms with E-state index < -0.39 is 0 Å². The molecule has 0 spiro atoms. The normalized spacial score (nSPS) is 13.5. The number of anilines is 2. The monoisotopic (exact) mass is 472 g/mol. The van der Waals surface area contributed by atoms with Crippen LogP contribution in [0.1, 0.15) is 11.3 Å². The van der Waals surface area contributed by atoms with E-state index in [1.54, 1.807) is 14.2 Å². The number of ether oxygens (including phenoxy) is 2. The fourth-order valence-electron chi connectivity index (χ4n) is 4.41. The summed E-state index contributed by atoms with van der Waals surface area (Å²) in [5.41, 5.74) is 8.14. The van der Waals surface area contributed by atoms with E-state index in [2.05, 4.69) is 28.5 Å². The van der Waals surface area contributed by atoms with Gasteiger partial charge in [0.15, 0.2) is 0 Å². The number of hydrogen-bond donors (Lipinski definition) is 2. The first-order valence-electron chi connectivity index (χ1n) is 11.7. The number of aliphatic imine (C=N–C) groups is 2. The highest BCUT2D eigenvalue weighted by Crippen LogP contribution is 2.37. The third-order valence-corrected chi connectivity index (χ3v) is 6.23. The molecule has 0 aliphatic carbocycles. The lowest BCUT2D eigenvalue weighted by Gasteiger charge is -2.11. The lowest BCUT2D eigenvalue weighted by molar-refractivity contribution is 0.415. The van der Waals surface area contributed by atoms with E-state index in [-0.39, 0.29) is 0 Å². The molecule has 0 saturated carbocycles. The van der Waals surface area contributed by atoms with Crippen LogP contribution in [0.2, 0.25) is 0 Å². The minimum absolute atomic E-state index is 0.791. The molecule has 2 N–H and O–H groups in total. The van der Waals surface area contributed by atoms with Crippen molar-refractivity contribution in [1.29, 1.82) is 0 Å². The number of hydrogen-bond acceptors (Lipinski definition) is 5. The van der Waals surface area contributed by atoms with Gasteiger partial charge in [-0.3, -0.25) is 0 Å². The first kappa shape index (κ1) is 21.7. The van der Waals surface area contributed by atoms with Crippen molar-refractivity contribution in [3.05, 3.63) is 108 Å². The van der Waals surface area contributed by atoms with Crippen molar-refractivity contribution in [1.82, 2.24) is 4.98 Å². The molecule has 0 atom stereocenters. The highest BCUT2D eigenvalue weighted by atomic mass is 16.5. The predicted molar refractivity (Wildman–Crippen MR) is 146 cm³/mol. The molecule has 0 amide bonds. The zero-order valence-electron chi connectivity index (χ0n) is 19.9. The number of fused-ring (bicyclic) bond motifs is 2. The van der Waals surface area contributed by atoms with Crippen LogP contribution in [-0.4, -0.2) is 30.6 Å². The molecular weight excluding hydrogens is 448 g/mol. The average molecular weight is 473 g/mol. The molecule has 176 valence electrons. The molecule has 1 aliphatic rings. The molecule has 6 rings (SSSR count). The van der Waals surface area contributed by atoms with E-state index in [9.17, 15) is 0 Å². The minimum Gasteiger partial charge on any atom is -0.497 e. The first-order chi connectivity index (χ1) is 17.7. The Bertz CT molecular complexity index is 1610. The van der Waals surface area contributed by atoms with Crippen LogP contribution in [0.4, 0.5) is 22.7 Å². The Kier molecular flexibility index (Phi) is 5.46. The Balaban J connectivity index is 1.50. The molecule has 0 fully saturated rings. The fraction of sp³-hybridized carbons (Fsp3) is 0.0667. The molecule has 0 unspecified atom stereocenters. The zero-order chi connectivity index (χ0) is 24.5. The Morgan fingerprint density at radius 3 is 2.17 bits per heavy atom. The van der Waals surface area contributed by atoms with Gasteiger partial charge in [-0.2, -0.15) is 0 Å². The summed E-state index contributed by atoms with van der Waals surface area (Å²) < 4.78 is 10.6. The van der Waals surface area contributed by atoms with Gasteiger partial charge in [0.05, 0.1) is 37.0 Å². The average Bonchev–Trinajstić information content (AvgIpc) is 3.48. The molecule has 4 aromatic carbocycles. The second kappa shape index (κ2) is 9.07. The van der Waals surface area contributed by atoms with Crippen molar-refractivity contribution in [2.75, 3.05) is 19.5 Å². The molecule has 2 heterocycles. The van der Waals surface area contributed by atoms with E-state index in [1.807, 2.05) is 78.9 Å². The van der Waals surface area contributed by atoms with Gasteiger partial charge in [-0.1, -0.05) is 36.4 Å². The number of H-pyrrole nitrogens is 1. The maximum absolute atomic E-state index is 5.32. The molecule has 1 aromatic heterocycles. The Morgan fingerprint density at radius 2 is 1.42 bits per heavy atom. The predicted octanol–water partition coefficient (Wildman–Crippen LogP) is 7.18. The Labute approximate surface area is 209 Å². The van der Waals surface area contributed by atoms with Crippen LogP contribution in [0.5, 0.6) is 11.5 Å². The number of nitrogens with zero attached hydrogens (tertiary/aromatic N) is 2. The highest BCUT2D eigenvalue weighted by molar-refractivity contribution is 6.58. The van der Waals surface area contributed by atoms with Crippen LogP contribution in [0.15, 0.2) is 107 Å². The van der Waals surface area contributed by atoms with Crippen molar-refractivity contribution < 1.29 is 9.47 Å². The smallest absolute Gasteiger partial charge is 0.119 e. The van der Waals surface area contributed by atoms with E-state index in [0.717, 1.165) is 67.8 Å². The summed E-state index contributed by atoms with van der Waals surface area (Å²) in [6.07, 6.45) is 0. The fourth-order valence-corrected chi connectivity index (χ4v) is 4.41. The third-order valence-electron chi connectivity index (χ3n) is 6.23. The molecule has 0 bridgehead atoms. The van der Waals surface area contributed by atoms with Crippen molar-refractivity contribution in [3.63, 3.8) is 0 Å². The number of aromatic amines is 1. The van der Waals surface area contributed by atoms with Crippen LogP contribution < -0.4 is 14.8 Å². The lowest BCUT2D eigenvalue weighted by Crippen LogP contribution is -2.14. The summed E-state index contributed by atoms with van der Waals surface area (Å²) in [7, 11) is 3.33. The van der Waals surface area contributed by atoms with Gasteiger partial charge >= 0.3 is 0 Å². The number of aromatic nitrogens is 1. The number of rotatable bonds is 6. The van der Waals surface area contributed by atoms with Crippen molar-refractivity contribution in [3.8, 4) is 11.5 Å². The van der Waals surface area contributed by atoms with Crippen LogP contribution in [0.3, 0.4) is 0 Å². The summed E-state index contributed by atoms with van der Waals surface area (Å²) in [5.74, 6) is 1.60. The lowest BCUT2D eigenvalue weighted by atomic mass is 10.0. The van der Waals surface area contributed by atoms with Gasteiger partial charge in [-0.25, -0.2) is 9.98 Å². The summed E-state index contributed by atoms with van der Waals surface area (Å²) in [4.78, 5) is 13.7. The molecule has 6 nitrogen and oxygen atoms in total.